The van der Waals surface area contributed by atoms with Gasteiger partial charge in [-0.25, -0.2) is 0 Å². The van der Waals surface area contributed by atoms with Crippen molar-refractivity contribution in [1.29, 1.82) is 0 Å². The summed E-state index contributed by atoms with van der Waals surface area (Å²) in [6.07, 6.45) is 3.31. The van der Waals surface area contributed by atoms with E-state index in [2.05, 4.69) is 4.98 Å². The van der Waals surface area contributed by atoms with Crippen molar-refractivity contribution in [3.63, 3.8) is 0 Å². The molecule has 1 aromatic heterocycles. The zero-order chi connectivity index (χ0) is 13.8. The zero-order valence-electron chi connectivity index (χ0n) is 10.8. The molecular weight excluding hydrogens is 264 g/mol. The van der Waals surface area contributed by atoms with Crippen LogP contribution in [0.4, 0.5) is 0 Å². The highest BCUT2D eigenvalue weighted by molar-refractivity contribution is 6.30. The molecule has 0 fully saturated rings. The molecule has 1 unspecified atom stereocenters. The first-order chi connectivity index (χ1) is 9.17. The lowest BCUT2D eigenvalue weighted by Crippen LogP contribution is -2.14. The number of methoxy groups -OCH3 is 2. The van der Waals surface area contributed by atoms with Crippen LogP contribution < -0.4 is 15.2 Å². The van der Waals surface area contributed by atoms with E-state index in [1.165, 1.54) is 0 Å². The fourth-order valence-electron chi connectivity index (χ4n) is 1.93. The Labute approximate surface area is 117 Å². The fraction of sp³-hybridized carbons (Fsp3) is 0.214. The first-order valence-corrected chi connectivity index (χ1v) is 6.12. The van der Waals surface area contributed by atoms with Gasteiger partial charge >= 0.3 is 0 Å². The first-order valence-electron chi connectivity index (χ1n) is 5.74. The number of rotatable bonds is 4. The number of halogens is 1. The predicted molar refractivity (Wildman–Crippen MR) is 74.8 cm³/mol. The van der Waals surface area contributed by atoms with Crippen molar-refractivity contribution in [2.24, 2.45) is 5.73 Å². The molecule has 0 aliphatic rings. The summed E-state index contributed by atoms with van der Waals surface area (Å²) in [6.45, 7) is 0. The highest BCUT2D eigenvalue weighted by Crippen LogP contribution is 2.34. The zero-order valence-corrected chi connectivity index (χ0v) is 11.5. The van der Waals surface area contributed by atoms with Crippen molar-refractivity contribution in [2.75, 3.05) is 14.2 Å². The van der Waals surface area contributed by atoms with Crippen molar-refractivity contribution in [3.05, 3.63) is 52.8 Å². The summed E-state index contributed by atoms with van der Waals surface area (Å²) in [5, 5.41) is 0.610. The Hall–Kier alpha value is -1.78. The predicted octanol–water partition coefficient (Wildman–Crippen LogP) is 2.80. The maximum absolute atomic E-state index is 6.29. The molecule has 0 bridgehead atoms. The number of hydrogen-bond donors (Lipinski definition) is 1. The summed E-state index contributed by atoms with van der Waals surface area (Å²) in [6, 6.07) is 6.78. The van der Waals surface area contributed by atoms with E-state index < -0.39 is 6.04 Å². The molecule has 0 amide bonds. The molecular formula is C14H15ClN2O2. The molecule has 0 aliphatic carbocycles. The highest BCUT2D eigenvalue weighted by Gasteiger charge is 2.18. The SMILES string of the molecule is COc1cnccc1C(N)c1cc(Cl)ccc1OC. The summed E-state index contributed by atoms with van der Waals surface area (Å²) >= 11 is 6.02. The molecule has 0 saturated carbocycles. The van der Waals surface area contributed by atoms with Crippen LogP contribution in [0.25, 0.3) is 0 Å². The van der Waals surface area contributed by atoms with Crippen LogP contribution in [0.3, 0.4) is 0 Å². The summed E-state index contributed by atoms with van der Waals surface area (Å²) in [4.78, 5) is 4.01. The Balaban J connectivity index is 2.49. The van der Waals surface area contributed by atoms with Gasteiger partial charge in [0.2, 0.25) is 0 Å². The molecule has 1 aromatic carbocycles. The third kappa shape index (κ3) is 2.80. The van der Waals surface area contributed by atoms with Crippen LogP contribution in [0.2, 0.25) is 5.02 Å². The smallest absolute Gasteiger partial charge is 0.142 e. The third-order valence-corrected chi connectivity index (χ3v) is 3.13. The van der Waals surface area contributed by atoms with Crippen LogP contribution in [0, 0.1) is 0 Å². The number of nitrogens with zero attached hydrogens (tertiary/aromatic N) is 1. The highest BCUT2D eigenvalue weighted by atomic mass is 35.5. The van der Waals surface area contributed by atoms with Gasteiger partial charge in [-0.05, 0) is 24.3 Å². The summed E-state index contributed by atoms with van der Waals surface area (Å²) < 4.78 is 10.6. The number of nitrogens with two attached hydrogens (primary N) is 1. The van der Waals surface area contributed by atoms with Crippen molar-refractivity contribution < 1.29 is 9.47 Å². The van der Waals surface area contributed by atoms with Gasteiger partial charge in [0.05, 0.1) is 26.5 Å². The Morgan fingerprint density at radius 1 is 1.11 bits per heavy atom. The Bertz CT molecular complexity index is 575. The summed E-state index contributed by atoms with van der Waals surface area (Å²) in [5.41, 5.74) is 7.93. The number of benzene rings is 1. The second-order valence-corrected chi connectivity index (χ2v) is 4.42. The quantitative estimate of drug-likeness (QED) is 0.934. The van der Waals surface area contributed by atoms with Crippen LogP contribution in [-0.4, -0.2) is 19.2 Å². The standard InChI is InChI=1S/C14H15ClN2O2/c1-18-12-4-3-9(15)7-11(12)14(16)10-5-6-17-8-13(10)19-2/h3-8,14H,16H2,1-2H3. The average Bonchev–Trinajstić information content (AvgIpc) is 2.46. The van der Waals surface area contributed by atoms with Crippen LogP contribution in [-0.2, 0) is 0 Å². The van der Waals surface area contributed by atoms with E-state index in [0.717, 1.165) is 11.1 Å². The number of ether oxygens (including phenoxy) is 2. The summed E-state index contributed by atoms with van der Waals surface area (Å²) in [5.74, 6) is 1.33. The normalized spacial score (nSPS) is 12.0. The van der Waals surface area contributed by atoms with Crippen molar-refractivity contribution in [2.45, 2.75) is 6.04 Å². The number of hydrogen-bond acceptors (Lipinski definition) is 4. The minimum absolute atomic E-state index is 0.397. The lowest BCUT2D eigenvalue weighted by molar-refractivity contribution is 0.399. The molecule has 2 N–H and O–H groups in total. The molecule has 1 heterocycles. The molecule has 19 heavy (non-hydrogen) atoms. The molecule has 2 aromatic rings. The molecule has 2 rings (SSSR count). The Morgan fingerprint density at radius 2 is 1.84 bits per heavy atom. The Kier molecular flexibility index (Phi) is 4.24. The first kappa shape index (κ1) is 13.6. The van der Waals surface area contributed by atoms with Gasteiger partial charge in [-0.1, -0.05) is 11.6 Å². The van der Waals surface area contributed by atoms with Crippen LogP contribution in [0.1, 0.15) is 17.2 Å². The maximum atomic E-state index is 6.29. The molecule has 0 spiro atoms. The molecule has 4 nitrogen and oxygen atoms in total. The molecule has 0 radical (unpaired) electrons. The summed E-state index contributed by atoms with van der Waals surface area (Å²) in [7, 11) is 3.19. The van der Waals surface area contributed by atoms with E-state index in [1.54, 1.807) is 44.8 Å². The van der Waals surface area contributed by atoms with Gasteiger partial charge in [0.15, 0.2) is 0 Å². The van der Waals surface area contributed by atoms with E-state index in [1.807, 2.05) is 6.07 Å². The second kappa shape index (κ2) is 5.91. The van der Waals surface area contributed by atoms with Crippen molar-refractivity contribution >= 4 is 11.6 Å². The number of aromatic nitrogens is 1. The largest absolute Gasteiger partial charge is 0.496 e. The van der Waals surface area contributed by atoms with Gasteiger partial charge in [0.1, 0.15) is 11.5 Å². The third-order valence-electron chi connectivity index (χ3n) is 2.90. The van der Waals surface area contributed by atoms with Gasteiger partial charge in [0, 0.05) is 22.3 Å². The van der Waals surface area contributed by atoms with Crippen LogP contribution in [0.5, 0.6) is 11.5 Å². The fourth-order valence-corrected chi connectivity index (χ4v) is 2.11. The second-order valence-electron chi connectivity index (χ2n) is 3.98. The molecule has 100 valence electrons. The van der Waals surface area contributed by atoms with Gasteiger partial charge in [0.25, 0.3) is 0 Å². The molecule has 0 aliphatic heterocycles. The molecule has 1 atom stereocenters. The van der Waals surface area contributed by atoms with Gasteiger partial charge in [-0.2, -0.15) is 0 Å². The topological polar surface area (TPSA) is 57.4 Å². The van der Waals surface area contributed by atoms with Gasteiger partial charge < -0.3 is 15.2 Å². The van der Waals surface area contributed by atoms with E-state index in [0.29, 0.717) is 16.5 Å². The van der Waals surface area contributed by atoms with Gasteiger partial charge in [-0.15, -0.1) is 0 Å². The van der Waals surface area contributed by atoms with E-state index >= 15 is 0 Å². The van der Waals surface area contributed by atoms with Crippen LogP contribution in [0.15, 0.2) is 36.7 Å². The van der Waals surface area contributed by atoms with Crippen LogP contribution >= 0.6 is 11.6 Å². The lowest BCUT2D eigenvalue weighted by Gasteiger charge is -2.18. The Morgan fingerprint density at radius 3 is 2.53 bits per heavy atom. The minimum Gasteiger partial charge on any atom is -0.496 e. The van der Waals surface area contributed by atoms with Gasteiger partial charge in [-0.3, -0.25) is 4.98 Å². The van der Waals surface area contributed by atoms with E-state index in [-0.39, 0.29) is 0 Å². The monoisotopic (exact) mass is 278 g/mol. The molecule has 0 saturated heterocycles. The molecule has 5 heteroatoms. The average molecular weight is 279 g/mol. The van der Waals surface area contributed by atoms with Crippen molar-refractivity contribution in [1.82, 2.24) is 4.98 Å². The maximum Gasteiger partial charge on any atom is 0.142 e. The lowest BCUT2D eigenvalue weighted by atomic mass is 9.99. The number of pyridine rings is 1. The minimum atomic E-state index is -0.397. The van der Waals surface area contributed by atoms with Crippen molar-refractivity contribution in [3.8, 4) is 11.5 Å². The van der Waals surface area contributed by atoms with E-state index in [9.17, 15) is 0 Å². The van der Waals surface area contributed by atoms with E-state index in [4.69, 9.17) is 26.8 Å².